The molecule has 1 fully saturated rings. The second-order valence-corrected chi connectivity index (χ2v) is 7.92. The number of nitrogens with zero attached hydrogens (tertiary/aromatic N) is 4. The van der Waals surface area contributed by atoms with Crippen LogP contribution in [0.5, 0.6) is 0 Å². The fraction of sp³-hybridized carbons (Fsp3) is 0.556. The molecule has 0 saturated heterocycles. The highest BCUT2D eigenvalue weighted by Crippen LogP contribution is 2.24. The lowest BCUT2D eigenvalue weighted by Gasteiger charge is -2.26. The molecule has 1 N–H and O–H groups in total. The maximum Gasteiger partial charge on any atom is 0.230 e. The highest BCUT2D eigenvalue weighted by molar-refractivity contribution is 7.99. The normalized spacial score (nSPS) is 20.4. The standard InChI is InChI=1S/C18H25N5OS/c1-12-4-7-15(8-5-12)19-17(24)11-25-18-20-21-22-23(18)16-9-6-13(2)10-14(16)3/h6,9-10,12,15H,4-5,7-8,11H2,1-3H3,(H,19,24). The van der Waals surface area contributed by atoms with Crippen LogP contribution in [0.3, 0.4) is 0 Å². The number of thioether (sulfide) groups is 1. The van der Waals surface area contributed by atoms with Crippen molar-refractivity contribution in [2.45, 2.75) is 57.7 Å². The molecule has 1 amide bonds. The molecule has 7 heteroatoms. The molecule has 1 aromatic carbocycles. The zero-order valence-corrected chi connectivity index (χ0v) is 15.8. The van der Waals surface area contributed by atoms with Crippen LogP contribution in [-0.2, 0) is 4.79 Å². The van der Waals surface area contributed by atoms with E-state index in [-0.39, 0.29) is 5.91 Å². The monoisotopic (exact) mass is 359 g/mol. The van der Waals surface area contributed by atoms with Gasteiger partial charge < -0.3 is 5.32 Å². The number of amides is 1. The lowest BCUT2D eigenvalue weighted by Crippen LogP contribution is -2.38. The van der Waals surface area contributed by atoms with Crippen molar-refractivity contribution in [1.82, 2.24) is 25.5 Å². The number of carbonyl (C=O) groups excluding carboxylic acids is 1. The van der Waals surface area contributed by atoms with Gasteiger partial charge >= 0.3 is 0 Å². The van der Waals surface area contributed by atoms with Crippen LogP contribution in [0.15, 0.2) is 23.4 Å². The van der Waals surface area contributed by atoms with E-state index >= 15 is 0 Å². The third-order valence-corrected chi connectivity index (χ3v) is 5.65. The average molecular weight is 359 g/mol. The number of aryl methyl sites for hydroxylation is 2. The predicted octanol–water partition coefficient (Wildman–Crippen LogP) is 3.07. The molecule has 3 rings (SSSR count). The van der Waals surface area contributed by atoms with Gasteiger partial charge in [-0.3, -0.25) is 4.79 Å². The molecule has 1 aliphatic carbocycles. The Labute approximate surface area is 152 Å². The number of benzene rings is 1. The molecule has 0 bridgehead atoms. The predicted molar refractivity (Wildman–Crippen MR) is 98.9 cm³/mol. The third kappa shape index (κ3) is 4.60. The maximum atomic E-state index is 12.2. The number of aromatic nitrogens is 4. The molecule has 0 aliphatic heterocycles. The van der Waals surface area contributed by atoms with Crippen molar-refractivity contribution in [3.05, 3.63) is 29.3 Å². The summed E-state index contributed by atoms with van der Waals surface area (Å²) in [6.07, 6.45) is 4.56. The zero-order chi connectivity index (χ0) is 17.8. The molecule has 0 spiro atoms. The van der Waals surface area contributed by atoms with Crippen molar-refractivity contribution in [1.29, 1.82) is 0 Å². The first-order chi connectivity index (χ1) is 12.0. The highest BCUT2D eigenvalue weighted by atomic mass is 32.2. The van der Waals surface area contributed by atoms with Crippen LogP contribution in [0.2, 0.25) is 0 Å². The van der Waals surface area contributed by atoms with Gasteiger partial charge in [0.2, 0.25) is 11.1 Å². The number of nitrogens with one attached hydrogen (secondary N) is 1. The second kappa shape index (κ2) is 7.99. The Kier molecular flexibility index (Phi) is 5.73. The van der Waals surface area contributed by atoms with Gasteiger partial charge in [0.1, 0.15) is 0 Å². The van der Waals surface area contributed by atoms with Crippen molar-refractivity contribution in [2.24, 2.45) is 5.92 Å². The first-order valence-corrected chi connectivity index (χ1v) is 9.79. The van der Waals surface area contributed by atoms with Gasteiger partial charge in [0, 0.05) is 6.04 Å². The number of rotatable bonds is 5. The topological polar surface area (TPSA) is 72.7 Å². The van der Waals surface area contributed by atoms with E-state index in [4.69, 9.17) is 0 Å². The number of tetrazole rings is 1. The lowest BCUT2D eigenvalue weighted by atomic mass is 9.87. The molecule has 2 aromatic rings. The minimum atomic E-state index is 0.0553. The first kappa shape index (κ1) is 17.9. The fourth-order valence-electron chi connectivity index (χ4n) is 3.27. The van der Waals surface area contributed by atoms with Crippen LogP contribution < -0.4 is 5.32 Å². The van der Waals surface area contributed by atoms with E-state index in [1.807, 2.05) is 19.1 Å². The zero-order valence-electron chi connectivity index (χ0n) is 15.0. The summed E-state index contributed by atoms with van der Waals surface area (Å²) < 4.78 is 1.70. The van der Waals surface area contributed by atoms with E-state index in [0.717, 1.165) is 30.0 Å². The molecular formula is C18H25N5OS. The number of hydrogen-bond donors (Lipinski definition) is 1. The van der Waals surface area contributed by atoms with Gasteiger partial charge in [-0.25, -0.2) is 0 Å². The van der Waals surface area contributed by atoms with E-state index < -0.39 is 0 Å². The molecule has 1 aromatic heterocycles. The minimum Gasteiger partial charge on any atom is -0.353 e. The van der Waals surface area contributed by atoms with Gasteiger partial charge in [-0.1, -0.05) is 36.4 Å². The van der Waals surface area contributed by atoms with Gasteiger partial charge in [-0.15, -0.1) is 5.10 Å². The van der Waals surface area contributed by atoms with Crippen molar-refractivity contribution >= 4 is 17.7 Å². The molecule has 25 heavy (non-hydrogen) atoms. The third-order valence-electron chi connectivity index (χ3n) is 4.73. The molecule has 1 heterocycles. The molecule has 0 radical (unpaired) electrons. The summed E-state index contributed by atoms with van der Waals surface area (Å²) in [4.78, 5) is 12.2. The summed E-state index contributed by atoms with van der Waals surface area (Å²) in [6, 6.07) is 6.46. The van der Waals surface area contributed by atoms with Gasteiger partial charge in [0.05, 0.1) is 11.4 Å². The summed E-state index contributed by atoms with van der Waals surface area (Å²) in [6.45, 7) is 6.37. The van der Waals surface area contributed by atoms with Crippen molar-refractivity contribution < 1.29 is 4.79 Å². The van der Waals surface area contributed by atoms with Gasteiger partial charge in [0.15, 0.2) is 0 Å². The lowest BCUT2D eigenvalue weighted by molar-refractivity contribution is -0.119. The van der Waals surface area contributed by atoms with E-state index in [0.29, 0.717) is 17.0 Å². The maximum absolute atomic E-state index is 12.2. The summed E-state index contributed by atoms with van der Waals surface area (Å²) >= 11 is 1.37. The van der Waals surface area contributed by atoms with Crippen LogP contribution in [0.25, 0.3) is 5.69 Å². The summed E-state index contributed by atoms with van der Waals surface area (Å²) in [5.74, 6) is 1.17. The summed E-state index contributed by atoms with van der Waals surface area (Å²) in [5.41, 5.74) is 3.25. The quantitative estimate of drug-likeness (QED) is 0.831. The van der Waals surface area contributed by atoms with Crippen molar-refractivity contribution in [2.75, 3.05) is 5.75 Å². The van der Waals surface area contributed by atoms with Crippen LogP contribution >= 0.6 is 11.8 Å². The summed E-state index contributed by atoms with van der Waals surface area (Å²) in [5, 5.41) is 15.7. The molecule has 1 aliphatic rings. The molecule has 1 saturated carbocycles. The Morgan fingerprint density at radius 1 is 1.28 bits per heavy atom. The van der Waals surface area contributed by atoms with Crippen LogP contribution in [0.1, 0.15) is 43.7 Å². The first-order valence-electron chi connectivity index (χ1n) is 8.81. The Morgan fingerprint density at radius 2 is 2.04 bits per heavy atom. The second-order valence-electron chi connectivity index (χ2n) is 6.98. The van der Waals surface area contributed by atoms with E-state index in [9.17, 15) is 4.79 Å². The van der Waals surface area contributed by atoms with Gasteiger partial charge in [0.25, 0.3) is 0 Å². The fourth-order valence-corrected chi connectivity index (χ4v) is 3.96. The van der Waals surface area contributed by atoms with E-state index in [2.05, 4.69) is 40.8 Å². The Balaban J connectivity index is 1.59. The molecular weight excluding hydrogens is 334 g/mol. The minimum absolute atomic E-state index is 0.0553. The van der Waals surface area contributed by atoms with Crippen molar-refractivity contribution in [3.63, 3.8) is 0 Å². The molecule has 134 valence electrons. The van der Waals surface area contributed by atoms with Gasteiger partial charge in [-0.05, 0) is 67.5 Å². The Hall–Kier alpha value is -1.89. The van der Waals surface area contributed by atoms with Crippen LogP contribution in [0.4, 0.5) is 0 Å². The summed E-state index contributed by atoms with van der Waals surface area (Å²) in [7, 11) is 0. The molecule has 6 nitrogen and oxygen atoms in total. The van der Waals surface area contributed by atoms with Gasteiger partial charge in [-0.2, -0.15) is 4.68 Å². The molecule has 0 unspecified atom stereocenters. The highest BCUT2D eigenvalue weighted by Gasteiger charge is 2.20. The SMILES string of the molecule is Cc1ccc(-n2nnnc2SCC(=O)NC2CCC(C)CC2)c(C)c1. The smallest absolute Gasteiger partial charge is 0.230 e. The van der Waals surface area contributed by atoms with Crippen molar-refractivity contribution in [3.8, 4) is 5.69 Å². The molecule has 0 atom stereocenters. The largest absolute Gasteiger partial charge is 0.353 e. The van der Waals surface area contributed by atoms with E-state index in [1.54, 1.807) is 4.68 Å². The number of hydrogen-bond acceptors (Lipinski definition) is 5. The van der Waals surface area contributed by atoms with E-state index in [1.165, 1.54) is 30.2 Å². The average Bonchev–Trinajstić information content (AvgIpc) is 3.03. The van der Waals surface area contributed by atoms with Crippen LogP contribution in [0, 0.1) is 19.8 Å². The Morgan fingerprint density at radius 3 is 2.76 bits per heavy atom. The number of carbonyl (C=O) groups is 1. The Bertz CT molecular complexity index is 737. The van der Waals surface area contributed by atoms with Crippen LogP contribution in [-0.4, -0.2) is 37.9 Å².